The molecule has 1 saturated heterocycles. The van der Waals surface area contributed by atoms with E-state index in [4.69, 9.17) is 4.74 Å². The van der Waals surface area contributed by atoms with Gasteiger partial charge in [0.05, 0.1) is 0 Å². The number of likely N-dealkylation sites (tertiary alicyclic amines) is 1. The maximum absolute atomic E-state index is 12.4. The smallest absolute Gasteiger partial charge is 0.408 e. The molecule has 2 aliphatic rings. The zero-order chi connectivity index (χ0) is 22.9. The van der Waals surface area contributed by atoms with E-state index in [0.29, 0.717) is 12.0 Å². The number of hydrogen-bond acceptors (Lipinski definition) is 4. The Hall–Kier alpha value is -2.08. The largest absolute Gasteiger partial charge is 0.444 e. The van der Waals surface area contributed by atoms with Gasteiger partial charge in [-0.25, -0.2) is 4.79 Å². The Morgan fingerprint density at radius 2 is 1.71 bits per heavy atom. The normalized spacial score (nSPS) is 20.9. The van der Waals surface area contributed by atoms with Crippen LogP contribution in [0.25, 0.3) is 0 Å². The van der Waals surface area contributed by atoms with Gasteiger partial charge in [0.25, 0.3) is 0 Å². The minimum absolute atomic E-state index is 0.0254. The van der Waals surface area contributed by atoms with E-state index in [-0.39, 0.29) is 12.5 Å². The van der Waals surface area contributed by atoms with Gasteiger partial charge in [0, 0.05) is 19.1 Å². The van der Waals surface area contributed by atoms with E-state index in [1.54, 1.807) is 0 Å². The second-order valence-corrected chi connectivity index (χ2v) is 9.92. The lowest BCUT2D eigenvalue weighted by Crippen LogP contribution is -2.52. The van der Waals surface area contributed by atoms with Crippen molar-refractivity contribution < 1.29 is 14.3 Å². The molecule has 3 rings (SSSR count). The molecule has 31 heavy (non-hydrogen) atoms. The molecule has 2 amide bonds. The number of piperidine rings is 1. The van der Waals surface area contributed by atoms with Gasteiger partial charge in [-0.2, -0.15) is 0 Å². The van der Waals surface area contributed by atoms with Crippen molar-refractivity contribution in [2.45, 2.75) is 77.5 Å². The molecule has 6 nitrogen and oxygen atoms in total. The van der Waals surface area contributed by atoms with E-state index in [1.807, 2.05) is 31.7 Å². The molecule has 2 fully saturated rings. The zero-order valence-electron chi connectivity index (χ0n) is 20.0. The van der Waals surface area contributed by atoms with Gasteiger partial charge in [-0.1, -0.05) is 43.2 Å². The Labute approximate surface area is 188 Å². The van der Waals surface area contributed by atoms with E-state index in [0.717, 1.165) is 25.9 Å². The molecule has 1 heterocycles. The predicted octanol–water partition coefficient (Wildman–Crippen LogP) is 4.44. The fourth-order valence-electron chi connectivity index (χ4n) is 4.45. The summed E-state index contributed by atoms with van der Waals surface area (Å²) in [4.78, 5) is 28.2. The van der Waals surface area contributed by atoms with Gasteiger partial charge in [-0.15, -0.1) is 0 Å². The third-order valence-electron chi connectivity index (χ3n) is 5.69. The van der Waals surface area contributed by atoms with Crippen molar-refractivity contribution in [3.8, 4) is 0 Å². The molecule has 1 aliphatic heterocycles. The number of alkyl carbamates (subject to hydrolysis) is 1. The third-order valence-corrected chi connectivity index (χ3v) is 5.69. The number of amides is 2. The minimum atomic E-state index is -0.535. The molecule has 2 atom stereocenters. The summed E-state index contributed by atoms with van der Waals surface area (Å²) in [5, 5.41) is 2.58. The Bertz CT molecular complexity index is 683. The van der Waals surface area contributed by atoms with Crippen molar-refractivity contribution in [2.75, 3.05) is 27.2 Å². The number of fused-ring (bicyclic) bond motifs is 1. The Morgan fingerprint density at radius 3 is 2.35 bits per heavy atom. The second-order valence-electron chi connectivity index (χ2n) is 9.92. The molecular weight excluding hydrogens is 390 g/mol. The van der Waals surface area contributed by atoms with E-state index in [9.17, 15) is 9.59 Å². The molecule has 1 aliphatic carbocycles. The molecule has 1 saturated carbocycles. The van der Waals surface area contributed by atoms with Crippen LogP contribution >= 0.6 is 0 Å². The van der Waals surface area contributed by atoms with E-state index in [2.05, 4.69) is 48.6 Å². The number of nitrogens with zero attached hydrogens (tertiary/aromatic N) is 2. The van der Waals surface area contributed by atoms with Gasteiger partial charge in [-0.05, 0) is 72.0 Å². The topological polar surface area (TPSA) is 61.9 Å². The quantitative estimate of drug-likeness (QED) is 0.766. The number of ether oxygens (including phenoxy) is 1. The molecule has 0 aromatic heterocycles. The highest BCUT2D eigenvalue weighted by atomic mass is 16.6. The monoisotopic (exact) mass is 431 g/mol. The lowest BCUT2D eigenvalue weighted by molar-refractivity contribution is -0.136. The summed E-state index contributed by atoms with van der Waals surface area (Å²) in [5.74, 6) is 0.690. The van der Waals surface area contributed by atoms with Gasteiger partial charge in [0.1, 0.15) is 12.1 Å². The first-order chi connectivity index (χ1) is 14.7. The highest BCUT2D eigenvalue weighted by molar-refractivity contribution is 5.82. The molecule has 174 valence electrons. The van der Waals surface area contributed by atoms with Crippen LogP contribution in [0.3, 0.4) is 0 Å². The summed E-state index contributed by atoms with van der Waals surface area (Å²) in [5.41, 5.74) is 0.833. The Balaban J connectivity index is 0.000000285. The molecule has 0 radical (unpaired) electrons. The zero-order valence-corrected chi connectivity index (χ0v) is 20.0. The van der Waals surface area contributed by atoms with Crippen LogP contribution in [-0.4, -0.2) is 60.6 Å². The standard InChI is InChI=1S/C16H28N2O3.C9H13N/c1-16(2,3)21-15(20)17-11-14(19)18-10-6-8-12-7-4-5-9-13(12)18;1-10(2)8-9-6-4-3-5-7-9/h12-13H,4-11H2,1-3H3,(H,17,20);3-7H,8H2,1-2H3. The first kappa shape index (κ1) is 25.2. The summed E-state index contributed by atoms with van der Waals surface area (Å²) < 4.78 is 5.16. The first-order valence-corrected chi connectivity index (χ1v) is 11.6. The van der Waals surface area contributed by atoms with E-state index >= 15 is 0 Å². The van der Waals surface area contributed by atoms with Gasteiger partial charge in [0.2, 0.25) is 5.91 Å². The van der Waals surface area contributed by atoms with Crippen LogP contribution in [0.15, 0.2) is 30.3 Å². The lowest BCUT2D eigenvalue weighted by Gasteiger charge is -2.44. The average molecular weight is 432 g/mol. The highest BCUT2D eigenvalue weighted by Gasteiger charge is 2.35. The molecule has 1 aromatic carbocycles. The molecule has 0 spiro atoms. The average Bonchev–Trinajstić information content (AvgIpc) is 2.71. The van der Waals surface area contributed by atoms with Crippen molar-refractivity contribution in [3.63, 3.8) is 0 Å². The van der Waals surface area contributed by atoms with Gasteiger partial charge < -0.3 is 19.9 Å². The second kappa shape index (κ2) is 12.1. The van der Waals surface area contributed by atoms with Crippen LogP contribution in [0, 0.1) is 5.92 Å². The lowest BCUT2D eigenvalue weighted by atomic mass is 9.78. The van der Waals surface area contributed by atoms with E-state index < -0.39 is 11.7 Å². The maximum Gasteiger partial charge on any atom is 0.408 e. The predicted molar refractivity (Wildman–Crippen MR) is 125 cm³/mol. The molecular formula is C25H41N3O3. The highest BCUT2D eigenvalue weighted by Crippen LogP contribution is 2.35. The van der Waals surface area contributed by atoms with Crippen molar-refractivity contribution in [3.05, 3.63) is 35.9 Å². The minimum Gasteiger partial charge on any atom is -0.444 e. The number of carbonyl (C=O) groups is 2. The van der Waals surface area contributed by atoms with E-state index in [1.165, 1.54) is 31.2 Å². The summed E-state index contributed by atoms with van der Waals surface area (Å²) >= 11 is 0. The van der Waals surface area contributed by atoms with Crippen LogP contribution in [-0.2, 0) is 16.1 Å². The Morgan fingerprint density at radius 1 is 1.06 bits per heavy atom. The van der Waals surface area contributed by atoms with Crippen molar-refractivity contribution in [1.29, 1.82) is 0 Å². The molecule has 6 heteroatoms. The van der Waals surface area contributed by atoms with Gasteiger partial charge in [-0.3, -0.25) is 4.79 Å². The number of benzene rings is 1. The SMILES string of the molecule is CC(C)(C)OC(=O)NCC(=O)N1CCCC2CCCCC21.CN(C)Cc1ccccc1. The fourth-order valence-corrected chi connectivity index (χ4v) is 4.45. The molecule has 0 bridgehead atoms. The summed E-state index contributed by atoms with van der Waals surface area (Å²) in [6.07, 6.45) is 6.67. The number of hydrogen-bond donors (Lipinski definition) is 1. The fraction of sp³-hybridized carbons (Fsp3) is 0.680. The van der Waals surface area contributed by atoms with Crippen LogP contribution in [0.2, 0.25) is 0 Å². The molecule has 1 aromatic rings. The van der Waals surface area contributed by atoms with Crippen LogP contribution < -0.4 is 5.32 Å². The number of rotatable bonds is 4. The Kier molecular flexibility index (Phi) is 9.82. The molecule has 1 N–H and O–H groups in total. The van der Waals surface area contributed by atoms with Crippen molar-refractivity contribution in [2.24, 2.45) is 5.92 Å². The first-order valence-electron chi connectivity index (χ1n) is 11.6. The van der Waals surface area contributed by atoms with Gasteiger partial charge in [0.15, 0.2) is 0 Å². The van der Waals surface area contributed by atoms with Crippen LogP contribution in [0.5, 0.6) is 0 Å². The summed E-state index contributed by atoms with van der Waals surface area (Å²) in [6.45, 7) is 7.33. The van der Waals surface area contributed by atoms with Crippen molar-refractivity contribution in [1.82, 2.24) is 15.1 Å². The third kappa shape index (κ3) is 9.30. The summed E-state index contributed by atoms with van der Waals surface area (Å²) in [6, 6.07) is 10.8. The van der Waals surface area contributed by atoms with Crippen LogP contribution in [0.4, 0.5) is 4.79 Å². The maximum atomic E-state index is 12.4. The van der Waals surface area contributed by atoms with Gasteiger partial charge >= 0.3 is 6.09 Å². The number of carbonyl (C=O) groups excluding carboxylic acids is 2. The van der Waals surface area contributed by atoms with Crippen LogP contribution in [0.1, 0.15) is 64.9 Å². The summed E-state index contributed by atoms with van der Waals surface area (Å²) in [7, 11) is 4.15. The van der Waals surface area contributed by atoms with Crippen molar-refractivity contribution >= 4 is 12.0 Å². The number of nitrogens with one attached hydrogen (secondary N) is 1. The molecule has 2 unspecified atom stereocenters.